The van der Waals surface area contributed by atoms with Crippen LogP contribution >= 0.6 is 11.6 Å². The highest BCUT2D eigenvalue weighted by atomic mass is 35.5. The third-order valence-corrected chi connectivity index (χ3v) is 5.29. The third-order valence-electron chi connectivity index (χ3n) is 4.03. The highest BCUT2D eigenvalue weighted by Gasteiger charge is 2.21. The number of para-hydroxylation sites is 1. The van der Waals surface area contributed by atoms with Gasteiger partial charge in [-0.1, -0.05) is 23.7 Å². The van der Waals surface area contributed by atoms with Gasteiger partial charge in [0.1, 0.15) is 0 Å². The number of carbonyl (C=O) groups is 2. The smallest absolute Gasteiger partial charge is 0.241 e. The van der Waals surface area contributed by atoms with Crippen LogP contribution in [-0.4, -0.2) is 44.8 Å². The van der Waals surface area contributed by atoms with Gasteiger partial charge in [-0.15, -0.1) is 0 Å². The number of hydrogen-bond donors (Lipinski definition) is 3. The van der Waals surface area contributed by atoms with E-state index < -0.39 is 16.1 Å². The Hall–Kier alpha value is -2.46. The first-order valence-corrected chi connectivity index (χ1v) is 10.2. The lowest BCUT2D eigenvalue weighted by Gasteiger charge is -2.23. The average Bonchev–Trinajstić information content (AvgIpc) is 2.62. The van der Waals surface area contributed by atoms with Gasteiger partial charge in [-0.05, 0) is 50.4 Å². The largest absolute Gasteiger partial charge is 0.325 e. The Labute approximate surface area is 168 Å². The van der Waals surface area contributed by atoms with Gasteiger partial charge in [0.25, 0.3) is 0 Å². The summed E-state index contributed by atoms with van der Waals surface area (Å²) in [6.07, 6.45) is 0. The summed E-state index contributed by atoms with van der Waals surface area (Å²) in [6, 6.07) is 11.7. The topological polar surface area (TPSA) is 122 Å². The van der Waals surface area contributed by atoms with Gasteiger partial charge < -0.3 is 10.6 Å². The van der Waals surface area contributed by atoms with Crippen LogP contribution < -0.4 is 15.8 Å². The minimum atomic E-state index is -3.80. The molecule has 8 nitrogen and oxygen atoms in total. The van der Waals surface area contributed by atoms with Crippen molar-refractivity contribution >= 4 is 44.8 Å². The Morgan fingerprint density at radius 1 is 1.11 bits per heavy atom. The fraction of sp³-hybridized carbons (Fsp3) is 0.222. The molecular weight excluding hydrogens is 404 g/mol. The van der Waals surface area contributed by atoms with Crippen LogP contribution in [0.15, 0.2) is 53.4 Å². The SMILES string of the molecule is C[C@H](C(=O)Nc1ccc(S(N)(=O)=O)cc1)N(C)CC(=O)Nc1ccccc1Cl. The van der Waals surface area contributed by atoms with E-state index >= 15 is 0 Å². The Morgan fingerprint density at radius 3 is 2.29 bits per heavy atom. The first-order chi connectivity index (χ1) is 13.1. The zero-order valence-corrected chi connectivity index (χ0v) is 16.9. The lowest BCUT2D eigenvalue weighted by Crippen LogP contribution is -2.43. The number of primary sulfonamides is 1. The van der Waals surface area contributed by atoms with Crippen molar-refractivity contribution in [1.29, 1.82) is 0 Å². The first-order valence-electron chi connectivity index (χ1n) is 8.26. The van der Waals surface area contributed by atoms with E-state index in [9.17, 15) is 18.0 Å². The monoisotopic (exact) mass is 424 g/mol. The summed E-state index contributed by atoms with van der Waals surface area (Å²) >= 11 is 6.01. The molecule has 0 radical (unpaired) electrons. The standard InChI is InChI=1S/C18H21ClN4O4S/c1-12(18(25)21-13-7-9-14(10-8-13)28(20,26)27)23(2)11-17(24)22-16-6-4-3-5-15(16)19/h3-10,12H,11H2,1-2H3,(H,21,25)(H,22,24)(H2,20,26,27)/t12-/m1/s1. The van der Waals surface area contributed by atoms with Crippen LogP contribution in [0.5, 0.6) is 0 Å². The van der Waals surface area contributed by atoms with Crippen molar-refractivity contribution in [3.8, 4) is 0 Å². The number of likely N-dealkylation sites (N-methyl/N-ethyl adjacent to an activating group) is 1. The van der Waals surface area contributed by atoms with Crippen molar-refractivity contribution in [2.45, 2.75) is 17.9 Å². The average molecular weight is 425 g/mol. The van der Waals surface area contributed by atoms with Gasteiger partial charge in [0, 0.05) is 5.69 Å². The molecule has 0 aliphatic rings. The minimum absolute atomic E-state index is 0.0236. The zero-order chi connectivity index (χ0) is 20.9. The first kappa shape index (κ1) is 21.8. The van der Waals surface area contributed by atoms with Gasteiger partial charge in [0.15, 0.2) is 0 Å². The molecule has 0 aliphatic heterocycles. The second-order valence-electron chi connectivity index (χ2n) is 6.18. The third kappa shape index (κ3) is 6.03. The number of nitrogens with one attached hydrogen (secondary N) is 2. The van der Waals surface area contributed by atoms with Gasteiger partial charge in [0.2, 0.25) is 21.8 Å². The Kier molecular flexibility index (Phi) is 7.14. The predicted molar refractivity (Wildman–Crippen MR) is 109 cm³/mol. The van der Waals surface area contributed by atoms with E-state index in [0.29, 0.717) is 16.4 Å². The van der Waals surface area contributed by atoms with Crippen LogP contribution in [0.3, 0.4) is 0 Å². The van der Waals surface area contributed by atoms with Crippen molar-refractivity contribution < 1.29 is 18.0 Å². The fourth-order valence-corrected chi connectivity index (χ4v) is 2.99. The van der Waals surface area contributed by atoms with E-state index in [1.807, 2.05) is 0 Å². The van der Waals surface area contributed by atoms with E-state index in [4.69, 9.17) is 16.7 Å². The minimum Gasteiger partial charge on any atom is -0.325 e. The number of nitrogens with two attached hydrogens (primary N) is 1. The van der Waals surface area contributed by atoms with Crippen LogP contribution in [-0.2, 0) is 19.6 Å². The van der Waals surface area contributed by atoms with Crippen molar-refractivity contribution in [3.63, 3.8) is 0 Å². The van der Waals surface area contributed by atoms with E-state index in [1.165, 1.54) is 24.3 Å². The van der Waals surface area contributed by atoms with E-state index in [0.717, 1.165) is 0 Å². The number of amides is 2. The molecule has 2 amide bonds. The Bertz CT molecular complexity index is 964. The van der Waals surface area contributed by atoms with Crippen LogP contribution in [0.1, 0.15) is 6.92 Å². The van der Waals surface area contributed by atoms with E-state index in [-0.39, 0.29) is 23.3 Å². The van der Waals surface area contributed by atoms with Crippen LogP contribution in [0.4, 0.5) is 11.4 Å². The summed E-state index contributed by atoms with van der Waals surface area (Å²) < 4.78 is 22.5. The number of hydrogen-bond acceptors (Lipinski definition) is 5. The Balaban J connectivity index is 1.93. The molecule has 0 bridgehead atoms. The molecule has 0 aromatic heterocycles. The quantitative estimate of drug-likeness (QED) is 0.626. The summed E-state index contributed by atoms with van der Waals surface area (Å²) in [5.74, 6) is -0.663. The molecule has 150 valence electrons. The summed E-state index contributed by atoms with van der Waals surface area (Å²) in [7, 11) is -2.16. The Morgan fingerprint density at radius 2 is 1.71 bits per heavy atom. The van der Waals surface area contributed by atoms with Crippen LogP contribution in [0, 0.1) is 0 Å². The van der Waals surface area contributed by atoms with Crippen molar-refractivity contribution in [2.24, 2.45) is 5.14 Å². The molecule has 4 N–H and O–H groups in total. The van der Waals surface area contributed by atoms with Crippen molar-refractivity contribution in [1.82, 2.24) is 4.90 Å². The van der Waals surface area contributed by atoms with Crippen molar-refractivity contribution in [2.75, 3.05) is 24.2 Å². The molecule has 0 saturated carbocycles. The summed E-state index contributed by atoms with van der Waals surface area (Å²) in [6.45, 7) is 1.63. The van der Waals surface area contributed by atoms with Gasteiger partial charge in [-0.3, -0.25) is 14.5 Å². The summed E-state index contributed by atoms with van der Waals surface area (Å²) in [4.78, 5) is 26.1. The zero-order valence-electron chi connectivity index (χ0n) is 15.3. The molecule has 10 heteroatoms. The van der Waals surface area contributed by atoms with E-state index in [1.54, 1.807) is 43.1 Å². The second-order valence-corrected chi connectivity index (χ2v) is 8.15. The predicted octanol–water partition coefficient (Wildman–Crippen LogP) is 1.88. The highest BCUT2D eigenvalue weighted by Crippen LogP contribution is 2.20. The molecular formula is C18H21ClN4O4S. The number of nitrogens with zero attached hydrogens (tertiary/aromatic N) is 1. The molecule has 0 heterocycles. The van der Waals surface area contributed by atoms with Crippen LogP contribution in [0.2, 0.25) is 5.02 Å². The lowest BCUT2D eigenvalue weighted by atomic mass is 10.2. The molecule has 1 atom stereocenters. The molecule has 0 fully saturated rings. The summed E-state index contributed by atoms with van der Waals surface area (Å²) in [5, 5.41) is 10.8. The van der Waals surface area contributed by atoms with Crippen LogP contribution in [0.25, 0.3) is 0 Å². The lowest BCUT2D eigenvalue weighted by molar-refractivity contribution is -0.122. The number of benzene rings is 2. The number of anilines is 2. The molecule has 0 spiro atoms. The maximum atomic E-state index is 12.4. The molecule has 0 saturated heterocycles. The number of sulfonamides is 1. The maximum Gasteiger partial charge on any atom is 0.241 e. The molecule has 2 aromatic rings. The van der Waals surface area contributed by atoms with E-state index in [2.05, 4.69) is 10.6 Å². The number of halogens is 1. The second kappa shape index (κ2) is 9.16. The summed E-state index contributed by atoms with van der Waals surface area (Å²) in [5.41, 5.74) is 0.910. The van der Waals surface area contributed by atoms with Gasteiger partial charge in [-0.2, -0.15) is 0 Å². The molecule has 0 aliphatic carbocycles. The van der Waals surface area contributed by atoms with Gasteiger partial charge in [0.05, 0.1) is 28.2 Å². The number of rotatable bonds is 7. The fourth-order valence-electron chi connectivity index (χ4n) is 2.29. The molecule has 28 heavy (non-hydrogen) atoms. The van der Waals surface area contributed by atoms with Gasteiger partial charge >= 0.3 is 0 Å². The van der Waals surface area contributed by atoms with Crippen molar-refractivity contribution in [3.05, 3.63) is 53.6 Å². The van der Waals surface area contributed by atoms with Gasteiger partial charge in [-0.25, -0.2) is 13.6 Å². The highest BCUT2D eigenvalue weighted by molar-refractivity contribution is 7.89. The molecule has 2 aromatic carbocycles. The molecule has 0 unspecified atom stereocenters. The number of carbonyl (C=O) groups excluding carboxylic acids is 2. The maximum absolute atomic E-state index is 12.4. The normalized spacial score (nSPS) is 12.5. The molecule has 2 rings (SSSR count).